The molecule has 1 fully saturated rings. The molecule has 0 radical (unpaired) electrons. The number of hydrogen-bond acceptors (Lipinski definition) is 4. The summed E-state index contributed by atoms with van der Waals surface area (Å²) < 4.78 is 27.3. The van der Waals surface area contributed by atoms with Gasteiger partial charge in [0.1, 0.15) is 0 Å². The summed E-state index contributed by atoms with van der Waals surface area (Å²) in [6.07, 6.45) is 1.12. The molecule has 0 bridgehead atoms. The molecule has 0 N–H and O–H groups in total. The standard InChI is InChI=1S/C19H33N3O2S/c1-19(2,3)17-7-9-18(10-8-17)25(23,24)22-15-13-21(14-16-22)12-6-11-20(4)5/h7-10H,6,11-16H2,1-5H3. The van der Waals surface area contributed by atoms with Gasteiger partial charge in [0.05, 0.1) is 4.90 Å². The third-order valence-electron chi connectivity index (χ3n) is 4.77. The zero-order valence-corrected chi connectivity index (χ0v) is 17.1. The molecule has 6 heteroatoms. The van der Waals surface area contributed by atoms with E-state index in [0.717, 1.165) is 38.2 Å². The van der Waals surface area contributed by atoms with Crippen LogP contribution in [0.25, 0.3) is 0 Å². The zero-order valence-electron chi connectivity index (χ0n) is 16.3. The van der Waals surface area contributed by atoms with Gasteiger partial charge in [-0.3, -0.25) is 0 Å². The summed E-state index contributed by atoms with van der Waals surface area (Å²) in [5.74, 6) is 0. The van der Waals surface area contributed by atoms with Crippen molar-refractivity contribution in [3.8, 4) is 0 Å². The van der Waals surface area contributed by atoms with Crippen LogP contribution in [0.5, 0.6) is 0 Å². The average molecular weight is 368 g/mol. The molecule has 0 spiro atoms. The fraction of sp³-hybridized carbons (Fsp3) is 0.684. The van der Waals surface area contributed by atoms with Gasteiger partial charge in [-0.1, -0.05) is 32.9 Å². The Bertz CT molecular complexity index is 640. The van der Waals surface area contributed by atoms with Crippen LogP contribution in [0, 0.1) is 0 Å². The summed E-state index contributed by atoms with van der Waals surface area (Å²) in [6, 6.07) is 7.37. The first-order chi connectivity index (χ1) is 11.6. The Morgan fingerprint density at radius 3 is 2.04 bits per heavy atom. The van der Waals surface area contributed by atoms with Crippen molar-refractivity contribution >= 4 is 10.0 Å². The molecule has 0 amide bonds. The van der Waals surface area contributed by atoms with E-state index in [1.54, 1.807) is 16.4 Å². The first-order valence-electron chi connectivity index (χ1n) is 9.08. The van der Waals surface area contributed by atoms with Crippen LogP contribution in [0.3, 0.4) is 0 Å². The lowest BCUT2D eigenvalue weighted by atomic mass is 9.87. The van der Waals surface area contributed by atoms with E-state index in [2.05, 4.69) is 44.7 Å². The third kappa shape index (κ3) is 5.51. The quantitative estimate of drug-likeness (QED) is 0.773. The van der Waals surface area contributed by atoms with Gasteiger partial charge < -0.3 is 9.80 Å². The van der Waals surface area contributed by atoms with Crippen molar-refractivity contribution < 1.29 is 8.42 Å². The molecule has 1 aromatic carbocycles. The normalized spacial score (nSPS) is 18.0. The van der Waals surface area contributed by atoms with E-state index in [0.29, 0.717) is 18.0 Å². The highest BCUT2D eigenvalue weighted by atomic mass is 32.2. The van der Waals surface area contributed by atoms with Crippen molar-refractivity contribution in [3.63, 3.8) is 0 Å². The molecule has 1 aliphatic heterocycles. The average Bonchev–Trinajstić information content (AvgIpc) is 2.54. The molecule has 25 heavy (non-hydrogen) atoms. The molecule has 0 saturated carbocycles. The number of hydrogen-bond donors (Lipinski definition) is 0. The Balaban J connectivity index is 1.95. The molecule has 5 nitrogen and oxygen atoms in total. The van der Waals surface area contributed by atoms with E-state index in [1.165, 1.54) is 0 Å². The lowest BCUT2D eigenvalue weighted by Crippen LogP contribution is -2.48. The molecule has 0 aliphatic carbocycles. The van der Waals surface area contributed by atoms with Gasteiger partial charge in [-0.25, -0.2) is 8.42 Å². The molecule has 1 saturated heterocycles. The Morgan fingerprint density at radius 2 is 1.56 bits per heavy atom. The fourth-order valence-electron chi connectivity index (χ4n) is 3.08. The largest absolute Gasteiger partial charge is 0.309 e. The van der Waals surface area contributed by atoms with Crippen LogP contribution >= 0.6 is 0 Å². The van der Waals surface area contributed by atoms with Gasteiger partial charge in [0.25, 0.3) is 0 Å². The van der Waals surface area contributed by atoms with Crippen LogP contribution in [-0.2, 0) is 15.4 Å². The van der Waals surface area contributed by atoms with Crippen LogP contribution in [0.1, 0.15) is 32.8 Å². The van der Waals surface area contributed by atoms with Gasteiger partial charge in [0.2, 0.25) is 10.0 Å². The van der Waals surface area contributed by atoms with Gasteiger partial charge in [-0.2, -0.15) is 4.31 Å². The molecule has 0 atom stereocenters. The van der Waals surface area contributed by atoms with Crippen molar-refractivity contribution in [3.05, 3.63) is 29.8 Å². The van der Waals surface area contributed by atoms with E-state index >= 15 is 0 Å². The number of sulfonamides is 1. The predicted octanol–water partition coefficient (Wildman–Crippen LogP) is 2.24. The maximum atomic E-state index is 12.9. The minimum atomic E-state index is -3.38. The topological polar surface area (TPSA) is 43.9 Å². The summed E-state index contributed by atoms with van der Waals surface area (Å²) in [5, 5.41) is 0. The molecule has 142 valence electrons. The number of nitrogens with zero attached hydrogens (tertiary/aromatic N) is 3. The lowest BCUT2D eigenvalue weighted by Gasteiger charge is -2.34. The van der Waals surface area contributed by atoms with Crippen molar-refractivity contribution in [1.29, 1.82) is 0 Å². The van der Waals surface area contributed by atoms with Crippen LogP contribution in [0.4, 0.5) is 0 Å². The fourth-order valence-corrected chi connectivity index (χ4v) is 4.50. The highest BCUT2D eigenvalue weighted by molar-refractivity contribution is 7.89. The van der Waals surface area contributed by atoms with E-state index in [-0.39, 0.29) is 5.41 Å². The van der Waals surface area contributed by atoms with Crippen molar-refractivity contribution in [2.24, 2.45) is 0 Å². The molecular formula is C19H33N3O2S. The zero-order chi connectivity index (χ0) is 18.7. The van der Waals surface area contributed by atoms with Crippen LogP contribution in [-0.4, -0.2) is 75.9 Å². The van der Waals surface area contributed by atoms with Gasteiger partial charge in [0.15, 0.2) is 0 Å². The number of piperazine rings is 1. The summed E-state index contributed by atoms with van der Waals surface area (Å²) in [4.78, 5) is 4.95. The highest BCUT2D eigenvalue weighted by Crippen LogP contribution is 2.25. The first kappa shape index (κ1) is 20.4. The third-order valence-corrected chi connectivity index (χ3v) is 6.68. The predicted molar refractivity (Wildman–Crippen MR) is 104 cm³/mol. The molecule has 1 aromatic rings. The lowest BCUT2D eigenvalue weighted by molar-refractivity contribution is 0.181. The highest BCUT2D eigenvalue weighted by Gasteiger charge is 2.28. The van der Waals surface area contributed by atoms with Gasteiger partial charge in [0, 0.05) is 26.2 Å². The second-order valence-corrected chi connectivity index (χ2v) is 10.1. The van der Waals surface area contributed by atoms with E-state index < -0.39 is 10.0 Å². The van der Waals surface area contributed by atoms with Gasteiger partial charge in [-0.05, 0) is 56.7 Å². The van der Waals surface area contributed by atoms with Crippen LogP contribution in [0.2, 0.25) is 0 Å². The van der Waals surface area contributed by atoms with Gasteiger partial charge in [-0.15, -0.1) is 0 Å². The smallest absolute Gasteiger partial charge is 0.243 e. The Hall–Kier alpha value is -0.950. The molecule has 1 heterocycles. The monoisotopic (exact) mass is 367 g/mol. The second kappa shape index (κ2) is 8.16. The number of benzene rings is 1. The van der Waals surface area contributed by atoms with E-state index in [1.807, 2.05) is 12.1 Å². The molecule has 0 aromatic heterocycles. The summed E-state index contributed by atoms with van der Waals surface area (Å²) >= 11 is 0. The Morgan fingerprint density at radius 1 is 1.00 bits per heavy atom. The summed E-state index contributed by atoms with van der Waals surface area (Å²) in [5.41, 5.74) is 1.18. The maximum absolute atomic E-state index is 12.9. The van der Waals surface area contributed by atoms with E-state index in [9.17, 15) is 8.42 Å². The first-order valence-corrected chi connectivity index (χ1v) is 10.5. The summed E-state index contributed by atoms with van der Waals surface area (Å²) in [7, 11) is 0.774. The Kier molecular flexibility index (Phi) is 6.65. The molecule has 0 unspecified atom stereocenters. The van der Waals surface area contributed by atoms with Crippen molar-refractivity contribution in [1.82, 2.24) is 14.1 Å². The molecular weight excluding hydrogens is 334 g/mol. The minimum Gasteiger partial charge on any atom is -0.309 e. The van der Waals surface area contributed by atoms with Crippen molar-refractivity contribution in [2.45, 2.75) is 37.5 Å². The maximum Gasteiger partial charge on any atom is 0.243 e. The van der Waals surface area contributed by atoms with Crippen LogP contribution in [0.15, 0.2) is 29.2 Å². The minimum absolute atomic E-state index is 0.0282. The van der Waals surface area contributed by atoms with Crippen LogP contribution < -0.4 is 0 Å². The van der Waals surface area contributed by atoms with Crippen molar-refractivity contribution in [2.75, 3.05) is 53.4 Å². The van der Waals surface area contributed by atoms with E-state index in [4.69, 9.17) is 0 Å². The van der Waals surface area contributed by atoms with Gasteiger partial charge >= 0.3 is 0 Å². The molecule has 1 aliphatic rings. The second-order valence-electron chi connectivity index (χ2n) is 8.18. The number of rotatable bonds is 6. The Labute approximate surface area is 153 Å². The molecule has 2 rings (SSSR count). The summed E-state index contributed by atoms with van der Waals surface area (Å²) in [6.45, 7) is 11.3. The SMILES string of the molecule is CN(C)CCCN1CCN(S(=O)(=O)c2ccc(C(C)(C)C)cc2)CC1.